The summed E-state index contributed by atoms with van der Waals surface area (Å²) in [6, 6.07) is 10.7. The molecule has 4 aromatic carbocycles. The number of carbonyl (C=O) groups is 1. The van der Waals surface area contributed by atoms with Crippen LogP contribution < -0.4 is 41.4 Å². The van der Waals surface area contributed by atoms with Crippen LogP contribution in [0.4, 0.5) is 30.7 Å². The zero-order valence-corrected chi connectivity index (χ0v) is 49.7. The molecule has 0 amide bonds. The number of nitrogens with zero attached hydrogens (tertiary/aromatic N) is 6. The highest BCUT2D eigenvalue weighted by atomic mass is 35.5. The van der Waals surface area contributed by atoms with Crippen LogP contribution in [0.3, 0.4) is 0 Å². The Morgan fingerprint density at radius 1 is 0.628 bits per heavy atom. The fourth-order valence-corrected chi connectivity index (χ4v) is 13.9. The number of benzene rings is 4. The minimum absolute atomic E-state index is 0.00933. The summed E-state index contributed by atoms with van der Waals surface area (Å²) in [5.41, 5.74) is -7.28. The highest BCUT2D eigenvalue weighted by Crippen LogP contribution is 2.42. The Bertz CT molecular complexity index is 4030. The summed E-state index contributed by atoms with van der Waals surface area (Å²) < 4.78 is 202. The largest absolute Gasteiger partial charge is 0.507 e. The van der Waals surface area contributed by atoms with Crippen molar-refractivity contribution in [1.29, 1.82) is 0 Å². The van der Waals surface area contributed by atoms with Crippen LogP contribution >= 0.6 is 46.4 Å². The van der Waals surface area contributed by atoms with Gasteiger partial charge in [0.15, 0.2) is 22.9 Å². The topological polar surface area (TPSA) is 358 Å². The standard InChI is InChI=1S/C22H21Cl2F2N5O7S2.C21H19Cl2F2N5O8S2.C2HF3O/c1-11-3-4-14(9-17(11)40(36,37)30-6-5-12(10-30)29-39(2,34)35)38-19-15(23)7-13(8-16(19)24)31-22(33)27-21(32)18(28-31)20(25)26;1-39(34,35)28-10-4-5-29(9-10)40(36,37)16-8-12(2-3-15(16)31)38-18-13(22)6-11(7-14(18)23)30-21(33)26-20(32)17(27-30)19(24)25;3-2(4,5)1-6/h3-4,7-9,12,20,29H,5-6,10H2,1-2H3,(H,27,32,33);2-3,6-8,10,19,28,31H,4-5,9H2,1H3,(H,26,32,33);1H/t12-;10-;/m00./s1. The quantitative estimate of drug-likeness (QED) is 0.0606. The van der Waals surface area contributed by atoms with E-state index in [0.29, 0.717) is 21.3 Å². The third kappa shape index (κ3) is 17.2. The van der Waals surface area contributed by atoms with Crippen molar-refractivity contribution in [2.75, 3.05) is 38.7 Å². The number of phenols is 1. The lowest BCUT2D eigenvalue weighted by Gasteiger charge is -2.19. The van der Waals surface area contributed by atoms with Crippen LogP contribution in [0.25, 0.3) is 11.4 Å². The van der Waals surface area contributed by atoms with Crippen LogP contribution in [-0.2, 0) is 44.9 Å². The molecule has 0 unspecified atom stereocenters. The monoisotopic (exact) mass is 1380 g/mol. The molecule has 2 saturated heterocycles. The van der Waals surface area contributed by atoms with E-state index in [1.807, 2.05) is 0 Å². The molecule has 26 nitrogen and oxygen atoms in total. The van der Waals surface area contributed by atoms with E-state index in [-0.39, 0.29) is 92.0 Å². The van der Waals surface area contributed by atoms with Gasteiger partial charge in [-0.2, -0.15) is 41.3 Å². The van der Waals surface area contributed by atoms with Crippen LogP contribution in [-0.4, -0.2) is 140 Å². The number of aromatic amines is 2. The number of aromatic hydroxyl groups is 1. The van der Waals surface area contributed by atoms with Crippen molar-refractivity contribution in [2.45, 2.75) is 60.7 Å². The van der Waals surface area contributed by atoms with Crippen molar-refractivity contribution >= 4 is 92.8 Å². The maximum absolute atomic E-state index is 13.4. The average molecular weight is 1380 g/mol. The smallest absolute Gasteiger partial charge is 0.446 e. The number of aldehydes is 1. The molecule has 4 heterocycles. The van der Waals surface area contributed by atoms with E-state index in [4.69, 9.17) is 60.7 Å². The van der Waals surface area contributed by atoms with E-state index in [1.165, 1.54) is 28.6 Å². The average Bonchev–Trinajstić information content (AvgIpc) is 2.62. The first-order valence-electron chi connectivity index (χ1n) is 23.5. The highest BCUT2D eigenvalue weighted by molar-refractivity contribution is 7.90. The number of hydrogen-bond donors (Lipinski definition) is 5. The predicted octanol–water partition coefficient (Wildman–Crippen LogP) is 5.30. The third-order valence-corrected chi connectivity index (χ3v) is 18.1. The Morgan fingerprint density at radius 2 is 0.977 bits per heavy atom. The van der Waals surface area contributed by atoms with Gasteiger partial charge in [0.25, 0.3) is 24.0 Å². The number of hydrogen-bond acceptors (Lipinski definition) is 18. The number of H-pyrrole nitrogens is 2. The molecule has 86 heavy (non-hydrogen) atoms. The Kier molecular flexibility index (Phi) is 21.4. The van der Waals surface area contributed by atoms with Crippen molar-refractivity contribution in [2.24, 2.45) is 0 Å². The Labute approximate surface area is 500 Å². The predicted molar refractivity (Wildman–Crippen MR) is 293 cm³/mol. The van der Waals surface area contributed by atoms with Gasteiger partial charge in [-0.25, -0.2) is 70.3 Å². The summed E-state index contributed by atoms with van der Waals surface area (Å²) in [5.74, 6) is -1.05. The fraction of sp³-hybridized carbons (Fsp3) is 0.311. The maximum Gasteiger partial charge on any atom is 0.446 e. The summed E-state index contributed by atoms with van der Waals surface area (Å²) in [7, 11) is -15.4. The van der Waals surface area contributed by atoms with Crippen molar-refractivity contribution < 1.29 is 83.8 Å². The number of aromatic nitrogens is 6. The van der Waals surface area contributed by atoms with Crippen LogP contribution in [0.5, 0.6) is 28.7 Å². The normalized spacial score (nSPS) is 16.1. The lowest BCUT2D eigenvalue weighted by molar-refractivity contribution is -0.156. The first-order chi connectivity index (χ1) is 39.7. The number of phenolic OH excluding ortho intramolecular Hbond substituents is 1. The molecule has 468 valence electrons. The lowest BCUT2D eigenvalue weighted by Crippen LogP contribution is -2.38. The second kappa shape index (κ2) is 26.8. The number of nitrogens with one attached hydrogen (secondary N) is 4. The first kappa shape index (κ1) is 68.6. The van der Waals surface area contributed by atoms with Gasteiger partial charge in [0.05, 0.1) is 48.9 Å². The maximum atomic E-state index is 13.4. The first-order valence-corrected chi connectivity index (χ1v) is 31.7. The van der Waals surface area contributed by atoms with Gasteiger partial charge < -0.3 is 14.6 Å². The molecule has 2 atom stereocenters. The van der Waals surface area contributed by atoms with E-state index < -0.39 is 122 Å². The molecule has 0 saturated carbocycles. The van der Waals surface area contributed by atoms with Crippen LogP contribution in [0, 0.1) is 6.92 Å². The van der Waals surface area contributed by atoms with E-state index in [2.05, 4.69) is 19.6 Å². The molecule has 8 rings (SSSR count). The van der Waals surface area contributed by atoms with Gasteiger partial charge in [-0.3, -0.25) is 24.4 Å². The molecular formula is C45H41Cl4F7N10O16S4. The molecule has 0 radical (unpaired) electrons. The molecule has 2 aliphatic heterocycles. The van der Waals surface area contributed by atoms with Gasteiger partial charge in [0.2, 0.25) is 46.4 Å². The van der Waals surface area contributed by atoms with Gasteiger partial charge in [-0.15, -0.1) is 0 Å². The van der Waals surface area contributed by atoms with Crippen LogP contribution in [0.1, 0.15) is 42.6 Å². The second-order valence-corrected chi connectivity index (χ2v) is 27.1. The molecular weight excluding hydrogens is 1340 g/mol. The molecule has 0 aliphatic carbocycles. The summed E-state index contributed by atoms with van der Waals surface area (Å²) in [5, 5.41) is 16.2. The number of rotatable bonds is 16. The molecule has 0 spiro atoms. The van der Waals surface area contributed by atoms with Gasteiger partial charge in [-0.1, -0.05) is 52.5 Å². The number of carbonyl (C=O) groups excluding carboxylic acids is 1. The van der Waals surface area contributed by atoms with E-state index in [1.54, 1.807) is 16.9 Å². The summed E-state index contributed by atoms with van der Waals surface area (Å²) >= 11 is 25.1. The van der Waals surface area contributed by atoms with E-state index >= 15 is 0 Å². The number of alkyl halides is 7. The molecule has 0 bridgehead atoms. The van der Waals surface area contributed by atoms with Gasteiger partial charge in [0.1, 0.15) is 22.1 Å². The molecule has 2 fully saturated rings. The number of halogens is 11. The summed E-state index contributed by atoms with van der Waals surface area (Å²) in [6.45, 7) is 1.46. The number of aryl methyl sites for hydroxylation is 1. The molecule has 6 aromatic rings. The molecule has 2 aromatic heterocycles. The third-order valence-electron chi connectivity index (χ3n) is 11.5. The Balaban J connectivity index is 0.000000251. The highest BCUT2D eigenvalue weighted by Gasteiger charge is 2.37. The Morgan fingerprint density at radius 3 is 1.33 bits per heavy atom. The molecule has 5 N–H and O–H groups in total. The fourth-order valence-electron chi connectivity index (χ4n) is 7.88. The number of ether oxygens (including phenoxy) is 2. The summed E-state index contributed by atoms with van der Waals surface area (Å²) in [4.78, 5) is 59.0. The van der Waals surface area contributed by atoms with Gasteiger partial charge in [-0.05, 0) is 67.8 Å². The zero-order valence-electron chi connectivity index (χ0n) is 43.4. The van der Waals surface area contributed by atoms with Gasteiger partial charge >= 0.3 is 17.6 Å². The van der Waals surface area contributed by atoms with Crippen molar-refractivity contribution in [3.05, 3.63) is 139 Å². The van der Waals surface area contributed by atoms with Crippen molar-refractivity contribution in [3.63, 3.8) is 0 Å². The van der Waals surface area contributed by atoms with Crippen molar-refractivity contribution in [1.82, 2.24) is 47.6 Å². The molecule has 41 heteroatoms. The summed E-state index contributed by atoms with van der Waals surface area (Å²) in [6.07, 6.45) is -9.76. The van der Waals surface area contributed by atoms with Gasteiger partial charge in [0, 0.05) is 50.4 Å². The molecule has 2 aliphatic rings. The minimum Gasteiger partial charge on any atom is -0.507 e. The van der Waals surface area contributed by atoms with Crippen LogP contribution in [0.15, 0.2) is 89.6 Å². The van der Waals surface area contributed by atoms with Crippen LogP contribution in [0.2, 0.25) is 20.1 Å². The van der Waals surface area contributed by atoms with E-state index in [9.17, 15) is 88.7 Å². The second-order valence-electron chi connectivity index (χ2n) is 18.1. The zero-order chi connectivity index (χ0) is 64.3. The Hall–Kier alpha value is -6.52. The van der Waals surface area contributed by atoms with Crippen molar-refractivity contribution in [3.8, 4) is 40.1 Å². The number of sulfonamides is 4. The SMILES string of the molecule is CS(=O)(=O)N[C@H]1CCN(S(=O)(=O)c2cc(Oc3c(Cl)cc(-n4nc(C(F)F)c(=O)[nH]c4=O)cc3Cl)ccc2O)C1.Cc1ccc(Oc2c(Cl)cc(-n3nc(C(F)F)c(=O)[nH]c3=O)cc2Cl)cc1S(=O)(=O)N1CC[C@H](NS(C)(=O)=O)C1.O=CC(F)(F)F. The lowest BCUT2D eigenvalue weighted by atomic mass is 10.2. The minimum atomic E-state index is -4.64. The van der Waals surface area contributed by atoms with E-state index in [0.717, 1.165) is 53.2 Å².